The molecular weight excluding hydrogens is 494 g/mol. The van der Waals surface area contributed by atoms with E-state index in [1.165, 1.54) is 0 Å². The fraction of sp³-hybridized carbons (Fsp3) is 0.448. The monoisotopic (exact) mass is 535 g/mol. The summed E-state index contributed by atoms with van der Waals surface area (Å²) < 4.78 is 46.5. The van der Waals surface area contributed by atoms with Crippen LogP contribution in [0.2, 0.25) is 0 Å². The van der Waals surface area contributed by atoms with Crippen LogP contribution < -0.4 is 20.9 Å². The highest BCUT2D eigenvalue weighted by Crippen LogP contribution is 2.36. The number of hydrogen-bond acceptors (Lipinski definition) is 5. The third kappa shape index (κ3) is 9.36. The number of likely N-dealkylation sites (N-methyl/N-ethyl adjacent to an activating group) is 1. The molecule has 0 aliphatic carbocycles. The summed E-state index contributed by atoms with van der Waals surface area (Å²) in [5.74, 6) is -0.175. The molecule has 210 valence electrons. The van der Waals surface area contributed by atoms with Crippen LogP contribution in [-0.4, -0.2) is 63.4 Å². The molecule has 1 fully saturated rings. The van der Waals surface area contributed by atoms with Gasteiger partial charge >= 0.3 is 6.18 Å². The van der Waals surface area contributed by atoms with Gasteiger partial charge in [-0.25, -0.2) is 4.39 Å². The number of hydrogen-bond donors (Lipinski definition) is 3. The first-order valence-corrected chi connectivity index (χ1v) is 12.8. The van der Waals surface area contributed by atoms with E-state index in [1.807, 2.05) is 31.5 Å². The van der Waals surface area contributed by atoms with E-state index < -0.39 is 6.18 Å². The molecule has 1 saturated heterocycles. The molecule has 2 aliphatic rings. The predicted molar refractivity (Wildman–Crippen MR) is 152 cm³/mol. The molecule has 0 radical (unpaired) electrons. The molecule has 0 saturated carbocycles. The number of piperazine rings is 1. The molecule has 2 unspecified atom stereocenters. The third-order valence-corrected chi connectivity index (χ3v) is 6.54. The molecule has 2 atom stereocenters. The predicted octanol–water partition coefficient (Wildman–Crippen LogP) is 6.07. The highest BCUT2D eigenvalue weighted by molar-refractivity contribution is 5.80. The smallest absolute Gasteiger partial charge is 0.386 e. The van der Waals surface area contributed by atoms with Gasteiger partial charge in [-0.15, -0.1) is 0 Å². The number of nitrogens with one attached hydrogen (secondary N) is 3. The molecule has 3 rings (SSSR count). The summed E-state index contributed by atoms with van der Waals surface area (Å²) in [6.07, 6.45) is 6.32. The SMILES string of the molecule is C=C/C=C\C(=C/NC)C(=C)Nc1cc(C2=CCNCC2)c(F)cc1N1CC(C)N(C)C(C)C1.CC(F)(F)F. The summed E-state index contributed by atoms with van der Waals surface area (Å²) in [6.45, 7) is 15.9. The number of nitrogens with zero attached hydrogens (tertiary/aromatic N) is 2. The zero-order valence-corrected chi connectivity index (χ0v) is 23.1. The molecule has 0 aromatic heterocycles. The zero-order valence-electron chi connectivity index (χ0n) is 23.1. The van der Waals surface area contributed by atoms with Crippen molar-refractivity contribution in [3.8, 4) is 0 Å². The summed E-state index contributed by atoms with van der Waals surface area (Å²) in [7, 11) is 4.01. The Morgan fingerprint density at radius 3 is 2.34 bits per heavy atom. The number of benzene rings is 1. The average molecular weight is 536 g/mol. The first-order valence-electron chi connectivity index (χ1n) is 12.8. The van der Waals surface area contributed by atoms with E-state index in [0.29, 0.717) is 17.6 Å². The molecular formula is C29H41F4N5. The summed E-state index contributed by atoms with van der Waals surface area (Å²) in [5.41, 5.74) is 5.07. The maximum atomic E-state index is 15.4. The molecule has 2 aliphatic heterocycles. The van der Waals surface area contributed by atoms with Crippen molar-refractivity contribution < 1.29 is 17.6 Å². The molecule has 5 nitrogen and oxygen atoms in total. The average Bonchev–Trinajstić information content (AvgIpc) is 2.85. The number of rotatable bonds is 8. The van der Waals surface area contributed by atoms with E-state index in [2.05, 4.69) is 65.9 Å². The second kappa shape index (κ2) is 14.2. The van der Waals surface area contributed by atoms with Gasteiger partial charge in [0.25, 0.3) is 0 Å². The van der Waals surface area contributed by atoms with Gasteiger partial charge in [-0.2, -0.15) is 13.2 Å². The number of halogens is 4. The minimum atomic E-state index is -4.00. The van der Waals surface area contributed by atoms with Crippen LogP contribution in [0.1, 0.15) is 32.8 Å². The second-order valence-corrected chi connectivity index (χ2v) is 9.67. The van der Waals surface area contributed by atoms with Crippen molar-refractivity contribution in [2.75, 3.05) is 50.5 Å². The lowest BCUT2D eigenvalue weighted by Crippen LogP contribution is -2.55. The number of anilines is 2. The van der Waals surface area contributed by atoms with Crippen molar-refractivity contribution in [3.05, 3.63) is 78.4 Å². The Balaban J connectivity index is 0.000000926. The molecule has 1 aromatic carbocycles. The summed E-state index contributed by atoms with van der Waals surface area (Å²) in [6, 6.07) is 4.39. The number of alkyl halides is 3. The summed E-state index contributed by atoms with van der Waals surface area (Å²) in [5, 5.41) is 9.87. The Kier molecular flexibility index (Phi) is 11.7. The van der Waals surface area contributed by atoms with Gasteiger partial charge in [-0.3, -0.25) is 4.90 Å². The van der Waals surface area contributed by atoms with Gasteiger partial charge in [0, 0.05) is 68.7 Å². The van der Waals surface area contributed by atoms with Crippen LogP contribution in [0.4, 0.5) is 28.9 Å². The van der Waals surface area contributed by atoms with E-state index in [9.17, 15) is 13.2 Å². The molecule has 38 heavy (non-hydrogen) atoms. The van der Waals surface area contributed by atoms with Gasteiger partial charge in [-0.05, 0) is 51.6 Å². The maximum absolute atomic E-state index is 15.4. The van der Waals surface area contributed by atoms with Gasteiger partial charge in [0.2, 0.25) is 0 Å². The summed E-state index contributed by atoms with van der Waals surface area (Å²) in [4.78, 5) is 4.66. The van der Waals surface area contributed by atoms with Crippen LogP contribution >= 0.6 is 0 Å². The Morgan fingerprint density at radius 2 is 1.82 bits per heavy atom. The molecule has 1 aromatic rings. The molecule has 3 N–H and O–H groups in total. The lowest BCUT2D eigenvalue weighted by Gasteiger charge is -2.44. The Morgan fingerprint density at radius 1 is 1.18 bits per heavy atom. The topological polar surface area (TPSA) is 42.6 Å². The van der Waals surface area contributed by atoms with E-state index in [-0.39, 0.29) is 12.7 Å². The molecule has 0 bridgehead atoms. The minimum Gasteiger partial charge on any atom is -0.393 e. The molecule has 0 amide bonds. The van der Waals surface area contributed by atoms with Crippen molar-refractivity contribution in [1.82, 2.24) is 15.5 Å². The molecule has 9 heteroatoms. The largest absolute Gasteiger partial charge is 0.393 e. The first kappa shape index (κ1) is 31.2. The quantitative estimate of drug-likeness (QED) is 0.279. The van der Waals surface area contributed by atoms with Crippen LogP contribution in [0.25, 0.3) is 5.57 Å². The standard InChI is InChI=1S/C27H38FN5.C2H3F3/c1-7-8-9-23(16-29-5)21(4)31-26-14-24(22-10-12-30-13-11-22)25(28)15-27(26)33-17-19(2)32(6)20(3)18-33;1-2(3,4)5/h7-10,14-16,19-20,29-31H,1,4,11-13,17-18H2,2-3,5-6H3;1H3/b9-8-,23-16+;. The fourth-order valence-electron chi connectivity index (χ4n) is 4.44. The van der Waals surface area contributed by atoms with Gasteiger partial charge in [0.05, 0.1) is 11.4 Å². The lowest BCUT2D eigenvalue weighted by molar-refractivity contribution is -0.110. The third-order valence-electron chi connectivity index (χ3n) is 6.54. The maximum Gasteiger partial charge on any atom is 0.386 e. The van der Waals surface area contributed by atoms with E-state index in [1.54, 1.807) is 12.1 Å². The van der Waals surface area contributed by atoms with Crippen molar-refractivity contribution in [1.29, 1.82) is 0 Å². The van der Waals surface area contributed by atoms with Gasteiger partial charge in [-0.1, -0.05) is 37.5 Å². The van der Waals surface area contributed by atoms with E-state index in [4.69, 9.17) is 0 Å². The fourth-order valence-corrected chi connectivity index (χ4v) is 4.44. The normalized spacial score (nSPS) is 20.9. The Bertz CT molecular complexity index is 1040. The Labute approximate surface area is 224 Å². The number of allylic oxidation sites excluding steroid dienone is 3. The highest BCUT2D eigenvalue weighted by Gasteiger charge is 2.29. The van der Waals surface area contributed by atoms with E-state index >= 15 is 4.39 Å². The first-order chi connectivity index (χ1) is 17.8. The second-order valence-electron chi connectivity index (χ2n) is 9.67. The van der Waals surface area contributed by atoms with Crippen molar-refractivity contribution >= 4 is 16.9 Å². The van der Waals surface area contributed by atoms with E-state index in [0.717, 1.165) is 60.8 Å². The zero-order chi connectivity index (χ0) is 28.5. The Hall–Kier alpha value is -3.04. The van der Waals surface area contributed by atoms with Gasteiger partial charge in [0.1, 0.15) is 5.82 Å². The highest BCUT2D eigenvalue weighted by atomic mass is 19.4. The van der Waals surface area contributed by atoms with Crippen LogP contribution in [0.15, 0.2) is 67.1 Å². The van der Waals surface area contributed by atoms with Crippen LogP contribution in [-0.2, 0) is 0 Å². The van der Waals surface area contributed by atoms with Gasteiger partial charge in [0.15, 0.2) is 0 Å². The van der Waals surface area contributed by atoms with Crippen molar-refractivity contribution in [2.45, 2.75) is 45.5 Å². The lowest BCUT2D eigenvalue weighted by atomic mass is 9.97. The van der Waals surface area contributed by atoms with Crippen LogP contribution in [0.3, 0.4) is 0 Å². The van der Waals surface area contributed by atoms with Crippen molar-refractivity contribution in [3.63, 3.8) is 0 Å². The van der Waals surface area contributed by atoms with Crippen LogP contribution in [0.5, 0.6) is 0 Å². The van der Waals surface area contributed by atoms with Crippen molar-refractivity contribution in [2.24, 2.45) is 0 Å². The van der Waals surface area contributed by atoms with Gasteiger partial charge < -0.3 is 20.9 Å². The summed E-state index contributed by atoms with van der Waals surface area (Å²) >= 11 is 0. The minimum absolute atomic E-state index is 0.175. The van der Waals surface area contributed by atoms with Crippen LogP contribution in [0, 0.1) is 5.82 Å². The molecule has 0 spiro atoms. The molecule has 2 heterocycles.